The molecule has 2 aromatic rings. The fourth-order valence-corrected chi connectivity index (χ4v) is 1.81. The van der Waals surface area contributed by atoms with Crippen LogP contribution in [0.5, 0.6) is 5.75 Å². The van der Waals surface area contributed by atoms with Gasteiger partial charge in [0.25, 0.3) is 5.91 Å². The first-order chi connectivity index (χ1) is 10.6. The maximum Gasteiger partial charge on any atom is 0.276 e. The molecule has 0 radical (unpaired) electrons. The lowest BCUT2D eigenvalue weighted by molar-refractivity contribution is -0.129. The molecule has 0 aliphatic carbocycles. The molecule has 0 heterocycles. The van der Waals surface area contributed by atoms with Crippen molar-refractivity contribution >= 4 is 23.4 Å². The van der Waals surface area contributed by atoms with Gasteiger partial charge >= 0.3 is 0 Å². The third-order valence-electron chi connectivity index (χ3n) is 2.73. The Balaban J connectivity index is 1.69. The van der Waals surface area contributed by atoms with Gasteiger partial charge in [-0.05, 0) is 29.8 Å². The molecule has 0 bridgehead atoms. The topological polar surface area (TPSA) is 67.4 Å². The SMILES string of the molecule is O=C(COc1ccc(Cl)cc1)NNC(=O)Cc1ccccc1. The van der Waals surface area contributed by atoms with Crippen molar-refractivity contribution in [3.63, 3.8) is 0 Å². The Morgan fingerprint density at radius 3 is 2.23 bits per heavy atom. The number of benzene rings is 2. The highest BCUT2D eigenvalue weighted by Gasteiger charge is 2.06. The van der Waals surface area contributed by atoms with Crippen molar-refractivity contribution in [3.8, 4) is 5.75 Å². The minimum Gasteiger partial charge on any atom is -0.484 e. The van der Waals surface area contributed by atoms with Crippen LogP contribution in [0.25, 0.3) is 0 Å². The van der Waals surface area contributed by atoms with E-state index in [9.17, 15) is 9.59 Å². The van der Waals surface area contributed by atoms with Gasteiger partial charge in [0.2, 0.25) is 5.91 Å². The monoisotopic (exact) mass is 318 g/mol. The summed E-state index contributed by atoms with van der Waals surface area (Å²) in [6.07, 6.45) is 0.194. The van der Waals surface area contributed by atoms with Crippen molar-refractivity contribution in [1.82, 2.24) is 10.9 Å². The summed E-state index contributed by atoms with van der Waals surface area (Å²) in [5.41, 5.74) is 5.50. The van der Waals surface area contributed by atoms with Gasteiger partial charge in [-0.25, -0.2) is 0 Å². The van der Waals surface area contributed by atoms with Gasteiger partial charge in [-0.3, -0.25) is 20.4 Å². The van der Waals surface area contributed by atoms with Gasteiger partial charge in [0.1, 0.15) is 5.75 Å². The number of ether oxygens (including phenoxy) is 1. The second-order valence-electron chi connectivity index (χ2n) is 4.50. The molecule has 2 amide bonds. The highest BCUT2D eigenvalue weighted by atomic mass is 35.5. The Morgan fingerprint density at radius 1 is 0.909 bits per heavy atom. The zero-order chi connectivity index (χ0) is 15.8. The minimum absolute atomic E-state index is 0.194. The molecule has 0 saturated heterocycles. The van der Waals surface area contributed by atoms with E-state index in [2.05, 4.69) is 10.9 Å². The van der Waals surface area contributed by atoms with Crippen LogP contribution in [-0.2, 0) is 16.0 Å². The highest BCUT2D eigenvalue weighted by molar-refractivity contribution is 6.30. The average Bonchev–Trinajstić information content (AvgIpc) is 2.53. The number of carbonyl (C=O) groups excluding carboxylic acids is 2. The van der Waals surface area contributed by atoms with Crippen LogP contribution in [0.3, 0.4) is 0 Å². The van der Waals surface area contributed by atoms with Gasteiger partial charge < -0.3 is 4.74 Å². The molecule has 0 aromatic heterocycles. The number of halogens is 1. The Labute approximate surface area is 133 Å². The number of nitrogens with one attached hydrogen (secondary N) is 2. The quantitative estimate of drug-likeness (QED) is 0.830. The maximum atomic E-state index is 11.6. The van der Waals surface area contributed by atoms with Crippen LogP contribution in [0.15, 0.2) is 54.6 Å². The van der Waals surface area contributed by atoms with Crippen molar-refractivity contribution in [3.05, 3.63) is 65.2 Å². The van der Waals surface area contributed by atoms with E-state index in [1.807, 2.05) is 30.3 Å². The van der Waals surface area contributed by atoms with E-state index in [0.29, 0.717) is 10.8 Å². The summed E-state index contributed by atoms with van der Waals surface area (Å²) in [5, 5.41) is 0.588. The van der Waals surface area contributed by atoms with Gasteiger partial charge in [0.05, 0.1) is 6.42 Å². The fourth-order valence-electron chi connectivity index (χ4n) is 1.68. The van der Waals surface area contributed by atoms with Crippen LogP contribution in [-0.4, -0.2) is 18.4 Å². The predicted octanol–water partition coefficient (Wildman–Crippen LogP) is 2.11. The van der Waals surface area contributed by atoms with Crippen LogP contribution < -0.4 is 15.6 Å². The third-order valence-corrected chi connectivity index (χ3v) is 2.98. The molecule has 0 spiro atoms. The molecular weight excluding hydrogens is 304 g/mol. The molecule has 22 heavy (non-hydrogen) atoms. The van der Waals surface area contributed by atoms with E-state index < -0.39 is 5.91 Å². The number of rotatable bonds is 5. The average molecular weight is 319 g/mol. The second kappa shape index (κ2) is 8.05. The van der Waals surface area contributed by atoms with E-state index in [-0.39, 0.29) is 18.9 Å². The summed E-state index contributed by atoms with van der Waals surface area (Å²) in [7, 11) is 0. The molecule has 2 aromatic carbocycles. The van der Waals surface area contributed by atoms with Crippen LogP contribution in [0, 0.1) is 0 Å². The van der Waals surface area contributed by atoms with Crippen LogP contribution in [0.2, 0.25) is 5.02 Å². The van der Waals surface area contributed by atoms with E-state index in [1.165, 1.54) is 0 Å². The van der Waals surface area contributed by atoms with Gasteiger partial charge in [0, 0.05) is 5.02 Å². The van der Waals surface area contributed by atoms with Gasteiger partial charge in [-0.15, -0.1) is 0 Å². The summed E-state index contributed by atoms with van der Waals surface area (Å²) < 4.78 is 5.25. The lowest BCUT2D eigenvalue weighted by atomic mass is 10.1. The molecule has 114 valence electrons. The zero-order valence-electron chi connectivity index (χ0n) is 11.7. The molecule has 0 aliphatic rings. The van der Waals surface area contributed by atoms with Crippen LogP contribution in [0.4, 0.5) is 0 Å². The lowest BCUT2D eigenvalue weighted by Crippen LogP contribution is -2.44. The Hall–Kier alpha value is -2.53. The molecular formula is C16H15ClN2O3. The standard InChI is InChI=1S/C16H15ClN2O3/c17-13-6-8-14(9-7-13)22-11-16(21)19-18-15(20)10-12-4-2-1-3-5-12/h1-9H,10-11H2,(H,18,20)(H,19,21). The van der Waals surface area contributed by atoms with Crippen molar-refractivity contribution in [2.45, 2.75) is 6.42 Å². The smallest absolute Gasteiger partial charge is 0.276 e. The van der Waals surface area contributed by atoms with Crippen molar-refractivity contribution in [1.29, 1.82) is 0 Å². The molecule has 0 unspecified atom stereocenters. The molecule has 0 saturated carbocycles. The minimum atomic E-state index is -0.448. The largest absolute Gasteiger partial charge is 0.484 e. The summed E-state index contributed by atoms with van der Waals surface area (Å²) in [5.74, 6) is -0.224. The summed E-state index contributed by atoms with van der Waals surface area (Å²) >= 11 is 5.74. The number of hydrazine groups is 1. The summed E-state index contributed by atoms with van der Waals surface area (Å²) in [4.78, 5) is 23.2. The molecule has 6 heteroatoms. The highest BCUT2D eigenvalue weighted by Crippen LogP contribution is 2.15. The summed E-state index contributed by atoms with van der Waals surface area (Å²) in [6.45, 7) is -0.201. The molecule has 5 nitrogen and oxygen atoms in total. The van der Waals surface area contributed by atoms with Gasteiger partial charge in [-0.1, -0.05) is 41.9 Å². The maximum absolute atomic E-state index is 11.6. The molecule has 2 N–H and O–H groups in total. The number of carbonyl (C=O) groups is 2. The Morgan fingerprint density at radius 2 is 1.55 bits per heavy atom. The van der Waals surface area contributed by atoms with Gasteiger partial charge in [-0.2, -0.15) is 0 Å². The van der Waals surface area contributed by atoms with E-state index in [1.54, 1.807) is 24.3 Å². The Bertz CT molecular complexity index is 630. The molecule has 0 atom stereocenters. The lowest BCUT2D eigenvalue weighted by Gasteiger charge is -2.09. The third kappa shape index (κ3) is 5.46. The number of hydrogen-bond donors (Lipinski definition) is 2. The second-order valence-corrected chi connectivity index (χ2v) is 4.94. The molecule has 2 rings (SSSR count). The van der Waals surface area contributed by atoms with E-state index >= 15 is 0 Å². The van der Waals surface area contributed by atoms with E-state index in [0.717, 1.165) is 5.56 Å². The van der Waals surface area contributed by atoms with Gasteiger partial charge in [0.15, 0.2) is 6.61 Å². The first kappa shape index (κ1) is 15.9. The van der Waals surface area contributed by atoms with Crippen molar-refractivity contribution < 1.29 is 14.3 Å². The fraction of sp³-hybridized carbons (Fsp3) is 0.125. The van der Waals surface area contributed by atoms with E-state index in [4.69, 9.17) is 16.3 Å². The number of hydrogen-bond acceptors (Lipinski definition) is 3. The number of amides is 2. The molecule has 0 fully saturated rings. The first-order valence-corrected chi connectivity index (χ1v) is 7.01. The predicted molar refractivity (Wildman–Crippen MR) is 83.4 cm³/mol. The van der Waals surface area contributed by atoms with Crippen LogP contribution >= 0.6 is 11.6 Å². The normalized spacial score (nSPS) is 9.86. The Kier molecular flexibility index (Phi) is 5.80. The van der Waals surface area contributed by atoms with Crippen molar-refractivity contribution in [2.75, 3.05) is 6.61 Å². The first-order valence-electron chi connectivity index (χ1n) is 6.63. The van der Waals surface area contributed by atoms with Crippen LogP contribution in [0.1, 0.15) is 5.56 Å². The molecule has 0 aliphatic heterocycles. The van der Waals surface area contributed by atoms with Crippen molar-refractivity contribution in [2.24, 2.45) is 0 Å². The summed E-state index contributed by atoms with van der Waals surface area (Å²) in [6, 6.07) is 15.9. The zero-order valence-corrected chi connectivity index (χ0v) is 12.5.